The molecule has 9 heteroatoms. The molecule has 6 N–H and O–H groups in total. The quantitative estimate of drug-likeness (QED) is 0.0277. The molecular weight excluding hydrogens is 695 g/mol. The molecule has 0 aliphatic carbocycles. The number of amides is 1. The Morgan fingerprint density at radius 3 is 1.64 bits per heavy atom. The van der Waals surface area contributed by atoms with Crippen molar-refractivity contribution >= 4 is 5.91 Å². The molecule has 1 heterocycles. The summed E-state index contributed by atoms with van der Waals surface area (Å²) in [5.74, 6) is -0.203. The number of allylic oxidation sites excluding steroid dienone is 9. The van der Waals surface area contributed by atoms with Crippen molar-refractivity contribution in [2.75, 3.05) is 13.2 Å². The molecule has 0 radical (unpaired) electrons. The Labute approximate surface area is 335 Å². The largest absolute Gasteiger partial charge is 0.394 e. The number of hydrogen-bond acceptors (Lipinski definition) is 8. The maximum Gasteiger partial charge on any atom is 0.220 e. The predicted molar refractivity (Wildman–Crippen MR) is 226 cm³/mol. The van der Waals surface area contributed by atoms with E-state index in [-0.39, 0.29) is 12.5 Å². The number of aliphatic hydroxyl groups is 5. The van der Waals surface area contributed by atoms with Crippen LogP contribution in [0.1, 0.15) is 168 Å². The van der Waals surface area contributed by atoms with Gasteiger partial charge >= 0.3 is 0 Å². The summed E-state index contributed by atoms with van der Waals surface area (Å²) in [6, 6.07) is -0.832. The maximum absolute atomic E-state index is 12.9. The van der Waals surface area contributed by atoms with Crippen LogP contribution in [0, 0.1) is 0 Å². The third-order valence-corrected chi connectivity index (χ3v) is 10.0. The van der Waals surface area contributed by atoms with E-state index < -0.39 is 49.5 Å². The van der Waals surface area contributed by atoms with E-state index in [0.717, 1.165) is 70.6 Å². The standard InChI is InChI=1S/C46H81NO8/c1-3-5-7-9-11-13-15-17-19-20-21-22-24-26-28-30-32-34-36-42(50)47-39(38-54-46-45(53)44(52)43(51)41(37-48)55-46)40(49)35-33-31-29-27-25-23-18-16-14-12-10-8-6-4-2/h13-16,19-20,25,27,33,35,39-41,43-46,48-49,51-53H,3-12,17-18,21-24,26,28-32,34,36-38H2,1-2H3,(H,47,50)/b15-13-,16-14+,20-19-,27-25+,35-33+. The smallest absolute Gasteiger partial charge is 0.220 e. The van der Waals surface area contributed by atoms with Crippen LogP contribution in [0.15, 0.2) is 60.8 Å². The fourth-order valence-electron chi connectivity index (χ4n) is 6.45. The van der Waals surface area contributed by atoms with Crippen molar-refractivity contribution in [2.45, 2.75) is 211 Å². The first kappa shape index (κ1) is 50.9. The van der Waals surface area contributed by atoms with Crippen molar-refractivity contribution in [3.05, 3.63) is 60.8 Å². The van der Waals surface area contributed by atoms with Gasteiger partial charge in [-0.15, -0.1) is 0 Å². The molecule has 1 aliphatic heterocycles. The zero-order valence-corrected chi connectivity index (χ0v) is 34.7. The summed E-state index contributed by atoms with van der Waals surface area (Å²) in [5.41, 5.74) is 0. The Balaban J connectivity index is 2.42. The molecule has 0 bridgehead atoms. The first-order valence-electron chi connectivity index (χ1n) is 22.0. The normalized spacial score (nSPS) is 21.9. The van der Waals surface area contributed by atoms with E-state index >= 15 is 0 Å². The Kier molecular flexibility index (Phi) is 33.5. The van der Waals surface area contributed by atoms with Crippen LogP contribution in [-0.4, -0.2) is 87.5 Å². The molecule has 1 rings (SSSR count). The second kappa shape index (κ2) is 36.2. The number of nitrogens with one attached hydrogen (secondary N) is 1. The summed E-state index contributed by atoms with van der Waals surface area (Å²) >= 11 is 0. The van der Waals surface area contributed by atoms with Gasteiger partial charge in [0.25, 0.3) is 0 Å². The monoisotopic (exact) mass is 776 g/mol. The summed E-state index contributed by atoms with van der Waals surface area (Å²) in [5, 5.41) is 54.1. The highest BCUT2D eigenvalue weighted by molar-refractivity contribution is 5.76. The van der Waals surface area contributed by atoms with Crippen molar-refractivity contribution < 1.29 is 39.8 Å². The minimum absolute atomic E-state index is 0.203. The van der Waals surface area contributed by atoms with Gasteiger partial charge in [0.2, 0.25) is 5.91 Å². The second-order valence-corrected chi connectivity index (χ2v) is 15.1. The van der Waals surface area contributed by atoms with Crippen LogP contribution in [0.4, 0.5) is 0 Å². The number of aliphatic hydroxyl groups excluding tert-OH is 5. The molecule has 0 spiro atoms. The fraction of sp³-hybridized carbons (Fsp3) is 0.761. The van der Waals surface area contributed by atoms with Gasteiger partial charge in [-0.25, -0.2) is 0 Å². The number of carbonyl (C=O) groups is 1. The average Bonchev–Trinajstić information content (AvgIpc) is 3.18. The first-order valence-corrected chi connectivity index (χ1v) is 22.0. The van der Waals surface area contributed by atoms with Gasteiger partial charge in [0, 0.05) is 6.42 Å². The Morgan fingerprint density at radius 1 is 0.618 bits per heavy atom. The van der Waals surface area contributed by atoms with Crippen LogP contribution in [0.25, 0.3) is 0 Å². The van der Waals surface area contributed by atoms with Crippen molar-refractivity contribution in [3.8, 4) is 0 Å². The van der Waals surface area contributed by atoms with E-state index in [4.69, 9.17) is 9.47 Å². The highest BCUT2D eigenvalue weighted by atomic mass is 16.7. The third kappa shape index (κ3) is 27.2. The first-order chi connectivity index (χ1) is 26.8. The SMILES string of the molecule is CCCCCC/C=C\C/C=C\CCCCCCCCCC(=O)NC(COC1OC(CO)C(O)C(O)C1O)C(O)/C=C/CC/C=C/CC/C=C/CCCCCC. The molecule has 7 atom stereocenters. The van der Waals surface area contributed by atoms with Crippen molar-refractivity contribution in [1.82, 2.24) is 5.32 Å². The molecule has 1 fully saturated rings. The number of rotatable bonds is 35. The molecule has 0 aromatic carbocycles. The summed E-state index contributed by atoms with van der Waals surface area (Å²) in [6.45, 7) is 3.68. The zero-order chi connectivity index (χ0) is 40.2. The van der Waals surface area contributed by atoms with Gasteiger partial charge in [0.05, 0.1) is 25.4 Å². The Morgan fingerprint density at radius 2 is 1.09 bits per heavy atom. The van der Waals surface area contributed by atoms with Gasteiger partial charge in [-0.2, -0.15) is 0 Å². The molecular formula is C46H81NO8. The van der Waals surface area contributed by atoms with Crippen LogP contribution in [-0.2, 0) is 14.3 Å². The molecule has 0 saturated carbocycles. The van der Waals surface area contributed by atoms with E-state index in [2.05, 4.69) is 67.8 Å². The minimum atomic E-state index is -1.58. The van der Waals surface area contributed by atoms with E-state index in [1.54, 1.807) is 6.08 Å². The van der Waals surface area contributed by atoms with Gasteiger partial charge in [-0.3, -0.25) is 4.79 Å². The lowest BCUT2D eigenvalue weighted by molar-refractivity contribution is -0.302. The molecule has 7 unspecified atom stereocenters. The molecule has 318 valence electrons. The van der Waals surface area contributed by atoms with E-state index in [9.17, 15) is 30.3 Å². The third-order valence-electron chi connectivity index (χ3n) is 10.0. The molecule has 0 aromatic rings. The topological polar surface area (TPSA) is 149 Å². The average molecular weight is 776 g/mol. The summed E-state index contributed by atoms with van der Waals surface area (Å²) in [4.78, 5) is 12.9. The van der Waals surface area contributed by atoms with Gasteiger partial charge in [-0.05, 0) is 77.0 Å². The van der Waals surface area contributed by atoms with Crippen molar-refractivity contribution in [1.29, 1.82) is 0 Å². The lowest BCUT2D eigenvalue weighted by Crippen LogP contribution is -2.60. The number of carbonyl (C=O) groups excluding carboxylic acids is 1. The highest BCUT2D eigenvalue weighted by Crippen LogP contribution is 2.22. The van der Waals surface area contributed by atoms with Crippen LogP contribution in [0.5, 0.6) is 0 Å². The van der Waals surface area contributed by atoms with E-state index in [0.29, 0.717) is 6.42 Å². The van der Waals surface area contributed by atoms with Gasteiger partial charge in [-0.1, -0.05) is 145 Å². The predicted octanol–water partition coefficient (Wildman–Crippen LogP) is 8.83. The summed E-state index contributed by atoms with van der Waals surface area (Å²) in [6.07, 6.45) is 39.7. The molecule has 1 amide bonds. The van der Waals surface area contributed by atoms with Gasteiger partial charge < -0.3 is 40.3 Å². The highest BCUT2D eigenvalue weighted by Gasteiger charge is 2.44. The minimum Gasteiger partial charge on any atom is -0.394 e. The summed E-state index contributed by atoms with van der Waals surface area (Å²) < 4.78 is 11.2. The van der Waals surface area contributed by atoms with Crippen LogP contribution < -0.4 is 5.32 Å². The van der Waals surface area contributed by atoms with Gasteiger partial charge in [0.15, 0.2) is 6.29 Å². The molecule has 9 nitrogen and oxygen atoms in total. The van der Waals surface area contributed by atoms with E-state index in [1.165, 1.54) is 77.0 Å². The number of hydrogen-bond donors (Lipinski definition) is 6. The molecule has 55 heavy (non-hydrogen) atoms. The molecule has 1 aliphatic rings. The van der Waals surface area contributed by atoms with Crippen molar-refractivity contribution in [2.24, 2.45) is 0 Å². The molecule has 1 saturated heterocycles. The van der Waals surface area contributed by atoms with Crippen molar-refractivity contribution in [3.63, 3.8) is 0 Å². The Hall–Kier alpha value is -2.11. The van der Waals surface area contributed by atoms with Crippen LogP contribution in [0.3, 0.4) is 0 Å². The Bertz CT molecular complexity index is 1040. The fourth-order valence-corrected chi connectivity index (χ4v) is 6.45. The van der Waals surface area contributed by atoms with Crippen LogP contribution in [0.2, 0.25) is 0 Å². The van der Waals surface area contributed by atoms with E-state index in [1.807, 2.05) is 6.08 Å². The molecule has 0 aromatic heterocycles. The zero-order valence-electron chi connectivity index (χ0n) is 34.7. The lowest BCUT2D eigenvalue weighted by atomic mass is 9.99. The number of ether oxygens (including phenoxy) is 2. The van der Waals surface area contributed by atoms with Crippen LogP contribution >= 0.6 is 0 Å². The second-order valence-electron chi connectivity index (χ2n) is 15.1. The maximum atomic E-state index is 12.9. The summed E-state index contributed by atoms with van der Waals surface area (Å²) in [7, 11) is 0. The van der Waals surface area contributed by atoms with Gasteiger partial charge in [0.1, 0.15) is 24.4 Å². The lowest BCUT2D eigenvalue weighted by Gasteiger charge is -2.40. The number of unbranched alkanes of at least 4 members (excludes halogenated alkanes) is 17.